The van der Waals surface area contributed by atoms with Gasteiger partial charge in [-0.2, -0.15) is 5.10 Å². The van der Waals surface area contributed by atoms with Crippen LogP contribution in [0.25, 0.3) is 0 Å². The Balaban J connectivity index is 1.36. The molecule has 2 N–H and O–H groups in total. The number of hydrogen-bond donors (Lipinski definition) is 2. The molecule has 5 rings (SSSR count). The topological polar surface area (TPSA) is 113 Å². The molecule has 41 heavy (non-hydrogen) atoms. The molecule has 3 aromatic rings. The first-order valence-corrected chi connectivity index (χ1v) is 14.0. The van der Waals surface area contributed by atoms with Crippen LogP contribution in [0.4, 0.5) is 9.18 Å². The second-order valence-corrected chi connectivity index (χ2v) is 11.9. The van der Waals surface area contributed by atoms with Gasteiger partial charge < -0.3 is 24.8 Å². The lowest BCUT2D eigenvalue weighted by Gasteiger charge is -2.34. The summed E-state index contributed by atoms with van der Waals surface area (Å²) in [4.78, 5) is 45.7. The predicted molar refractivity (Wildman–Crippen MR) is 150 cm³/mol. The van der Waals surface area contributed by atoms with Crippen LogP contribution in [0.5, 0.6) is 0 Å². The summed E-state index contributed by atoms with van der Waals surface area (Å²) < 4.78 is 20.8. The Morgan fingerprint density at radius 2 is 1.80 bits per heavy atom. The van der Waals surface area contributed by atoms with Crippen molar-refractivity contribution in [1.29, 1.82) is 0 Å². The number of halogens is 1. The number of likely N-dealkylation sites (tertiary alicyclic amines) is 1. The van der Waals surface area contributed by atoms with E-state index in [9.17, 15) is 18.8 Å². The third-order valence-corrected chi connectivity index (χ3v) is 7.46. The molecule has 11 heteroatoms. The quantitative estimate of drug-likeness (QED) is 0.480. The van der Waals surface area contributed by atoms with Crippen molar-refractivity contribution in [1.82, 2.24) is 29.9 Å². The molecule has 2 aromatic heterocycles. The van der Waals surface area contributed by atoms with Gasteiger partial charge in [0.15, 0.2) is 5.69 Å². The van der Waals surface area contributed by atoms with Crippen LogP contribution in [0.1, 0.15) is 84.3 Å². The summed E-state index contributed by atoms with van der Waals surface area (Å²) in [7, 11) is 0. The molecule has 1 aromatic carbocycles. The molecule has 2 aliphatic rings. The summed E-state index contributed by atoms with van der Waals surface area (Å²) in [6.45, 7) is 9.58. The minimum atomic E-state index is -0.568. The van der Waals surface area contributed by atoms with E-state index < -0.39 is 5.60 Å². The molecule has 0 saturated carbocycles. The van der Waals surface area contributed by atoms with Crippen LogP contribution in [0.3, 0.4) is 0 Å². The van der Waals surface area contributed by atoms with Crippen molar-refractivity contribution in [2.24, 2.45) is 0 Å². The molecule has 1 unspecified atom stereocenters. The Hall–Kier alpha value is -4.15. The number of amides is 3. The highest BCUT2D eigenvalue weighted by molar-refractivity contribution is 5.95. The number of benzene rings is 1. The zero-order valence-corrected chi connectivity index (χ0v) is 23.9. The van der Waals surface area contributed by atoms with E-state index in [4.69, 9.17) is 9.84 Å². The van der Waals surface area contributed by atoms with Crippen LogP contribution < -0.4 is 5.32 Å². The predicted octanol–water partition coefficient (Wildman–Crippen LogP) is 4.29. The summed E-state index contributed by atoms with van der Waals surface area (Å²) in [5.41, 5.74) is 2.68. The number of carbonyl (C=O) groups excluding carboxylic acids is 3. The van der Waals surface area contributed by atoms with E-state index >= 15 is 0 Å². The fourth-order valence-corrected chi connectivity index (χ4v) is 5.53. The van der Waals surface area contributed by atoms with Crippen LogP contribution >= 0.6 is 0 Å². The van der Waals surface area contributed by atoms with E-state index in [-0.39, 0.29) is 47.9 Å². The van der Waals surface area contributed by atoms with Gasteiger partial charge in [0.05, 0.1) is 13.1 Å². The number of hydrogen-bond acceptors (Lipinski definition) is 5. The van der Waals surface area contributed by atoms with Crippen LogP contribution in [0.2, 0.25) is 0 Å². The van der Waals surface area contributed by atoms with Gasteiger partial charge in [-0.3, -0.25) is 14.3 Å². The van der Waals surface area contributed by atoms with E-state index in [1.807, 2.05) is 32.4 Å². The molecular weight excluding hydrogens is 527 g/mol. The Labute approximate surface area is 238 Å². The standard InChI is InChI=1S/C30H37FN6O4/c1-19-16-36(28(39)24-6-5-13-32-24)18-23-25(34-37(26(19)23)17-20-7-9-21(31)10-8-20)27(38)33-22-11-14-35(15-12-22)29(40)41-30(2,3)4/h5-10,13,19,22,32H,11-12,14-18H2,1-4H3,(H,33,38). The molecule has 0 aliphatic carbocycles. The third kappa shape index (κ3) is 6.44. The molecule has 218 valence electrons. The monoisotopic (exact) mass is 564 g/mol. The normalized spacial score (nSPS) is 17.7. The minimum Gasteiger partial charge on any atom is -0.444 e. The molecule has 1 atom stereocenters. The van der Waals surface area contributed by atoms with Crippen molar-refractivity contribution in [2.45, 2.75) is 71.2 Å². The number of piperidine rings is 1. The zero-order valence-electron chi connectivity index (χ0n) is 23.9. The van der Waals surface area contributed by atoms with Crippen LogP contribution in [-0.2, 0) is 17.8 Å². The lowest BCUT2D eigenvalue weighted by atomic mass is 9.95. The van der Waals surface area contributed by atoms with Crippen LogP contribution in [0.15, 0.2) is 42.6 Å². The molecule has 1 saturated heterocycles. The number of ether oxygens (including phenoxy) is 1. The Kier molecular flexibility index (Phi) is 7.88. The van der Waals surface area contributed by atoms with Gasteiger partial charge in [0.2, 0.25) is 0 Å². The molecule has 1 fully saturated rings. The molecule has 3 amide bonds. The van der Waals surface area contributed by atoms with Gasteiger partial charge in [0.1, 0.15) is 17.1 Å². The molecule has 4 heterocycles. The lowest BCUT2D eigenvalue weighted by molar-refractivity contribution is 0.0199. The maximum absolute atomic E-state index is 13.7. The van der Waals surface area contributed by atoms with Crippen molar-refractivity contribution in [2.75, 3.05) is 19.6 Å². The number of fused-ring (bicyclic) bond motifs is 1. The number of H-pyrrole nitrogens is 1. The van der Waals surface area contributed by atoms with Gasteiger partial charge >= 0.3 is 6.09 Å². The Bertz CT molecular complexity index is 1400. The second-order valence-electron chi connectivity index (χ2n) is 11.9. The highest BCUT2D eigenvalue weighted by atomic mass is 19.1. The molecule has 10 nitrogen and oxygen atoms in total. The van der Waals surface area contributed by atoms with E-state index in [1.54, 1.807) is 40.3 Å². The molecule has 0 spiro atoms. The lowest BCUT2D eigenvalue weighted by Crippen LogP contribution is -2.48. The van der Waals surface area contributed by atoms with Gasteiger partial charge in [-0.05, 0) is 63.4 Å². The average molecular weight is 565 g/mol. The van der Waals surface area contributed by atoms with Crippen molar-refractivity contribution < 1.29 is 23.5 Å². The van der Waals surface area contributed by atoms with Crippen molar-refractivity contribution in [3.8, 4) is 0 Å². The minimum absolute atomic E-state index is 0.0794. The first kappa shape index (κ1) is 28.4. The van der Waals surface area contributed by atoms with Gasteiger partial charge in [-0.25, -0.2) is 9.18 Å². The fraction of sp³-hybridized carbons (Fsp3) is 0.467. The second kappa shape index (κ2) is 11.4. The summed E-state index contributed by atoms with van der Waals surface area (Å²) in [5, 5.41) is 7.86. The van der Waals surface area contributed by atoms with E-state index in [0.29, 0.717) is 44.7 Å². The highest BCUT2D eigenvalue weighted by Gasteiger charge is 2.35. The third-order valence-electron chi connectivity index (χ3n) is 7.46. The maximum atomic E-state index is 13.7. The fourth-order valence-electron chi connectivity index (χ4n) is 5.53. The van der Waals surface area contributed by atoms with Crippen molar-refractivity contribution in [3.63, 3.8) is 0 Å². The smallest absolute Gasteiger partial charge is 0.410 e. The van der Waals surface area contributed by atoms with Crippen molar-refractivity contribution in [3.05, 3.63) is 76.6 Å². The molecule has 2 aliphatic heterocycles. The number of rotatable bonds is 5. The van der Waals surface area contributed by atoms with Crippen molar-refractivity contribution >= 4 is 17.9 Å². The SMILES string of the molecule is CC1CN(C(=O)c2ccc[nH]2)Cc2c(C(=O)NC3CCN(C(=O)OC(C)(C)C)CC3)nn(Cc3ccc(F)cc3)c21. The van der Waals surface area contributed by atoms with Gasteiger partial charge in [0.25, 0.3) is 11.8 Å². The van der Waals surface area contributed by atoms with Gasteiger partial charge in [-0.1, -0.05) is 19.1 Å². The number of aromatic amines is 1. The summed E-state index contributed by atoms with van der Waals surface area (Å²) in [5.74, 6) is -0.846. The highest BCUT2D eigenvalue weighted by Crippen LogP contribution is 2.32. The average Bonchev–Trinajstić information content (AvgIpc) is 3.58. The summed E-state index contributed by atoms with van der Waals surface area (Å²) in [6.07, 6.45) is 2.55. The number of nitrogens with zero attached hydrogens (tertiary/aromatic N) is 4. The number of nitrogens with one attached hydrogen (secondary N) is 2. The molecule has 0 radical (unpaired) electrons. The van der Waals surface area contributed by atoms with Gasteiger partial charge in [-0.15, -0.1) is 0 Å². The first-order valence-electron chi connectivity index (χ1n) is 14.0. The number of carbonyl (C=O) groups is 3. The van der Waals surface area contributed by atoms with Crippen LogP contribution in [-0.4, -0.2) is 73.7 Å². The summed E-state index contributed by atoms with van der Waals surface area (Å²) in [6, 6.07) is 9.60. The van der Waals surface area contributed by atoms with Crippen LogP contribution in [0, 0.1) is 5.82 Å². The van der Waals surface area contributed by atoms with Gasteiger partial charge in [0, 0.05) is 49.0 Å². The van der Waals surface area contributed by atoms with E-state index in [1.165, 1.54) is 12.1 Å². The van der Waals surface area contributed by atoms with E-state index in [2.05, 4.69) is 10.3 Å². The number of aromatic nitrogens is 3. The Morgan fingerprint density at radius 3 is 2.44 bits per heavy atom. The maximum Gasteiger partial charge on any atom is 0.410 e. The van der Waals surface area contributed by atoms with E-state index in [0.717, 1.165) is 16.8 Å². The summed E-state index contributed by atoms with van der Waals surface area (Å²) >= 11 is 0. The zero-order chi connectivity index (χ0) is 29.3. The Morgan fingerprint density at radius 1 is 1.10 bits per heavy atom. The molecular formula is C30H37FN6O4. The first-order chi connectivity index (χ1) is 19.5. The largest absolute Gasteiger partial charge is 0.444 e. The molecule has 0 bridgehead atoms.